The quantitative estimate of drug-likeness (QED) is 0.132. The van der Waals surface area contributed by atoms with E-state index in [2.05, 4.69) is 29.2 Å². The smallest absolute Gasteiger partial charge is 0.165 e. The minimum Gasteiger partial charge on any atom is -0.493 e. The number of likely N-dealkylation sites (tertiary alicyclic amines) is 1. The molecule has 11 nitrogen and oxygen atoms in total. The lowest BCUT2D eigenvalue weighted by Gasteiger charge is -2.74. The summed E-state index contributed by atoms with van der Waals surface area (Å²) in [4.78, 5) is 2.89. The maximum absolute atomic E-state index is 7.19. The van der Waals surface area contributed by atoms with Crippen molar-refractivity contribution in [2.75, 3.05) is 107 Å². The lowest BCUT2D eigenvalue weighted by molar-refractivity contribution is -0.283. The first kappa shape index (κ1) is 38.4. The highest BCUT2D eigenvalue weighted by Crippen LogP contribution is 2.76. The summed E-state index contributed by atoms with van der Waals surface area (Å²) in [6.07, 6.45) is 8.28. The van der Waals surface area contributed by atoms with E-state index >= 15 is 0 Å². The summed E-state index contributed by atoms with van der Waals surface area (Å²) in [7, 11) is 5.34. The van der Waals surface area contributed by atoms with Crippen LogP contribution in [0.3, 0.4) is 0 Å². The Hall–Kier alpha value is -2.48. The topological polar surface area (TPSA) is 95.5 Å². The molecule has 0 aromatic heterocycles. The van der Waals surface area contributed by atoms with E-state index in [0.29, 0.717) is 85.3 Å². The van der Waals surface area contributed by atoms with Gasteiger partial charge in [0.2, 0.25) is 0 Å². The minimum absolute atomic E-state index is 0.0306. The molecule has 0 radical (unpaired) electrons. The Morgan fingerprint density at radius 2 is 1.46 bits per heavy atom. The number of benzene rings is 2. The van der Waals surface area contributed by atoms with Crippen molar-refractivity contribution in [3.8, 4) is 17.2 Å². The number of nitrogens with zero attached hydrogens (tertiary/aromatic N) is 1. The highest BCUT2D eigenvalue weighted by Gasteiger charge is 2.80. The van der Waals surface area contributed by atoms with E-state index in [-0.39, 0.29) is 22.9 Å². The zero-order valence-corrected chi connectivity index (χ0v) is 32.7. The Bertz CT molecular complexity index is 1540. The van der Waals surface area contributed by atoms with Gasteiger partial charge in [0.25, 0.3) is 0 Å². The Morgan fingerprint density at radius 1 is 0.759 bits per heavy atom. The second kappa shape index (κ2) is 16.9. The molecule has 2 aliphatic heterocycles. The van der Waals surface area contributed by atoms with Gasteiger partial charge in [-0.15, -0.1) is 0 Å². The number of hydrogen-bond acceptors (Lipinski definition) is 11. The minimum atomic E-state index is -0.399. The molecule has 4 bridgehead atoms. The standard InChI is InChI=1S/C43H61NO10/c1-45-16-17-48-18-19-49-20-21-50-22-23-51-24-25-53-35-9-6-32(7-10-35)29-52-30-34-27-41-12-13-43(34,47-3)40-42(41)14-15-44(28-31-4-5-31)37(41)26-33-8-11-36(46-2)39(54-40)38(33)42/h6-11,31,34,37,40H,4-5,12-30H2,1-3H3. The van der Waals surface area contributed by atoms with Crippen LogP contribution in [0.4, 0.5) is 0 Å². The van der Waals surface area contributed by atoms with E-state index in [1.165, 1.54) is 36.9 Å². The third kappa shape index (κ3) is 7.06. The van der Waals surface area contributed by atoms with Gasteiger partial charge in [-0.3, -0.25) is 4.90 Å². The van der Waals surface area contributed by atoms with Gasteiger partial charge >= 0.3 is 0 Å². The highest BCUT2D eigenvalue weighted by molar-refractivity contribution is 5.63. The Morgan fingerprint density at radius 3 is 2.13 bits per heavy atom. The fourth-order valence-electron chi connectivity index (χ4n) is 11.0. The number of hydrogen-bond donors (Lipinski definition) is 0. The summed E-state index contributed by atoms with van der Waals surface area (Å²) in [5.74, 6) is 3.79. The van der Waals surface area contributed by atoms with Gasteiger partial charge in [0.05, 0.1) is 79.8 Å². The van der Waals surface area contributed by atoms with Crippen molar-refractivity contribution < 1.29 is 47.4 Å². The van der Waals surface area contributed by atoms with Crippen LogP contribution >= 0.6 is 0 Å². The molecule has 6 unspecified atom stereocenters. The molecule has 9 rings (SSSR count). The molecule has 4 saturated carbocycles. The number of rotatable bonds is 24. The average Bonchev–Trinajstić information content (AvgIpc) is 3.94. The number of fused-ring (bicyclic) bond motifs is 2. The Labute approximate surface area is 321 Å². The molecule has 5 fully saturated rings. The number of ether oxygens (including phenoxy) is 10. The van der Waals surface area contributed by atoms with Crippen LogP contribution in [0.2, 0.25) is 0 Å². The van der Waals surface area contributed by atoms with Crippen LogP contribution in [0.25, 0.3) is 0 Å². The van der Waals surface area contributed by atoms with E-state index in [1.54, 1.807) is 14.2 Å². The lowest BCUT2D eigenvalue weighted by atomic mass is 9.35. The van der Waals surface area contributed by atoms with E-state index in [4.69, 9.17) is 47.4 Å². The molecular formula is C43H61NO10. The zero-order valence-electron chi connectivity index (χ0n) is 32.7. The van der Waals surface area contributed by atoms with Crippen molar-refractivity contribution in [2.45, 2.75) is 74.7 Å². The van der Waals surface area contributed by atoms with Gasteiger partial charge < -0.3 is 47.4 Å². The van der Waals surface area contributed by atoms with E-state index in [0.717, 1.165) is 61.0 Å². The number of piperidine rings is 1. The van der Waals surface area contributed by atoms with Gasteiger partial charge in [0.15, 0.2) is 11.5 Å². The van der Waals surface area contributed by atoms with Gasteiger partial charge in [0, 0.05) is 49.1 Å². The predicted octanol–water partition coefficient (Wildman–Crippen LogP) is 5.23. The molecule has 1 saturated heterocycles. The molecular weight excluding hydrogens is 690 g/mol. The van der Waals surface area contributed by atoms with Crippen LogP contribution in [0.1, 0.15) is 55.2 Å². The van der Waals surface area contributed by atoms with E-state index < -0.39 is 5.60 Å². The second-order valence-corrected chi connectivity index (χ2v) is 16.2. The van der Waals surface area contributed by atoms with Crippen LogP contribution in [0, 0.1) is 17.3 Å². The van der Waals surface area contributed by atoms with Crippen LogP contribution in [0.5, 0.6) is 17.2 Å². The van der Waals surface area contributed by atoms with Crippen LogP contribution in [-0.2, 0) is 51.6 Å². The van der Waals surface area contributed by atoms with Crippen molar-refractivity contribution in [3.63, 3.8) is 0 Å². The molecule has 6 atom stereocenters. The molecule has 11 heteroatoms. The molecule has 5 aliphatic carbocycles. The maximum atomic E-state index is 7.19. The van der Waals surface area contributed by atoms with Gasteiger partial charge in [-0.25, -0.2) is 0 Å². The molecule has 0 amide bonds. The summed E-state index contributed by atoms with van der Waals surface area (Å²) < 4.78 is 59.4. The first-order valence-electron chi connectivity index (χ1n) is 20.3. The SMILES string of the molecule is COCCOCCOCCOCCOCCOc1ccc(COCC2CC34CCC2(OC)C2Oc5c(OC)ccc6c5C23CCN(CC2CC2)C4C6)cc1. The summed E-state index contributed by atoms with van der Waals surface area (Å²) in [6, 6.07) is 13.2. The second-order valence-electron chi connectivity index (χ2n) is 16.2. The third-order valence-electron chi connectivity index (χ3n) is 13.6. The first-order chi connectivity index (χ1) is 26.6. The summed E-state index contributed by atoms with van der Waals surface area (Å²) >= 11 is 0. The molecule has 2 spiro atoms. The van der Waals surface area contributed by atoms with Gasteiger partial charge in [-0.2, -0.15) is 0 Å². The zero-order chi connectivity index (χ0) is 37.0. The fourth-order valence-corrected chi connectivity index (χ4v) is 11.0. The van der Waals surface area contributed by atoms with Crippen molar-refractivity contribution >= 4 is 0 Å². The van der Waals surface area contributed by atoms with Crippen LogP contribution in [0.15, 0.2) is 36.4 Å². The first-order valence-corrected chi connectivity index (χ1v) is 20.3. The fraction of sp³-hybridized carbons (Fsp3) is 0.721. The van der Waals surface area contributed by atoms with Crippen molar-refractivity contribution in [1.29, 1.82) is 0 Å². The molecule has 2 aromatic rings. The monoisotopic (exact) mass is 751 g/mol. The van der Waals surface area contributed by atoms with Crippen LogP contribution in [-0.4, -0.2) is 130 Å². The summed E-state index contributed by atoms with van der Waals surface area (Å²) in [6.45, 7) is 8.96. The molecule has 2 heterocycles. The molecule has 298 valence electrons. The number of methoxy groups -OCH3 is 3. The summed E-state index contributed by atoms with van der Waals surface area (Å²) in [5.41, 5.74) is 3.76. The summed E-state index contributed by atoms with van der Waals surface area (Å²) in [5, 5.41) is 0. The van der Waals surface area contributed by atoms with Crippen LogP contribution < -0.4 is 14.2 Å². The van der Waals surface area contributed by atoms with Gasteiger partial charge in [0.1, 0.15) is 24.1 Å². The van der Waals surface area contributed by atoms with E-state index in [9.17, 15) is 0 Å². The van der Waals surface area contributed by atoms with Crippen molar-refractivity contribution in [2.24, 2.45) is 17.3 Å². The average molecular weight is 752 g/mol. The molecule has 7 aliphatic rings. The third-order valence-corrected chi connectivity index (χ3v) is 13.6. The molecule has 0 N–H and O–H groups in total. The van der Waals surface area contributed by atoms with Crippen molar-refractivity contribution in [1.82, 2.24) is 4.90 Å². The maximum Gasteiger partial charge on any atom is 0.165 e. The Balaban J connectivity index is 0.814. The van der Waals surface area contributed by atoms with Gasteiger partial charge in [-0.1, -0.05) is 18.2 Å². The normalized spacial score (nSPS) is 30.3. The predicted molar refractivity (Wildman–Crippen MR) is 202 cm³/mol. The van der Waals surface area contributed by atoms with E-state index in [1.807, 2.05) is 19.2 Å². The molecule has 54 heavy (non-hydrogen) atoms. The van der Waals surface area contributed by atoms with Crippen molar-refractivity contribution in [3.05, 3.63) is 53.1 Å². The Kier molecular flexibility index (Phi) is 12.0. The lowest BCUT2D eigenvalue weighted by Crippen LogP contribution is -2.81. The highest BCUT2D eigenvalue weighted by atomic mass is 16.6. The van der Waals surface area contributed by atoms with Gasteiger partial charge in [-0.05, 0) is 86.7 Å². The molecule has 2 aromatic carbocycles. The largest absolute Gasteiger partial charge is 0.493 e.